The van der Waals surface area contributed by atoms with E-state index in [9.17, 15) is 9.59 Å². The predicted molar refractivity (Wildman–Crippen MR) is 105 cm³/mol. The summed E-state index contributed by atoms with van der Waals surface area (Å²) in [6.07, 6.45) is 8.77. The monoisotopic (exact) mass is 396 g/mol. The topological polar surface area (TPSA) is 75.2 Å². The van der Waals surface area contributed by atoms with E-state index in [0.717, 1.165) is 43.4 Å². The number of pyridine rings is 1. The van der Waals surface area contributed by atoms with Gasteiger partial charge < -0.3 is 10.2 Å². The van der Waals surface area contributed by atoms with E-state index in [1.165, 1.54) is 0 Å². The molecule has 0 spiro atoms. The third kappa shape index (κ3) is 3.02. The van der Waals surface area contributed by atoms with Crippen LogP contribution < -0.4 is 5.32 Å². The summed E-state index contributed by atoms with van der Waals surface area (Å²) in [5.74, 6) is 0.509. The van der Waals surface area contributed by atoms with Crippen molar-refractivity contribution in [1.29, 1.82) is 0 Å². The van der Waals surface area contributed by atoms with Gasteiger partial charge in [0.15, 0.2) is 0 Å². The lowest BCUT2D eigenvalue weighted by molar-refractivity contribution is -0.137. The molecule has 2 amide bonds. The highest BCUT2D eigenvalue weighted by molar-refractivity contribution is 7.07. The summed E-state index contributed by atoms with van der Waals surface area (Å²) >= 11 is 1.55. The van der Waals surface area contributed by atoms with Gasteiger partial charge >= 0.3 is 0 Å². The van der Waals surface area contributed by atoms with Crippen LogP contribution in [0.4, 0.5) is 0 Å². The second-order valence-electron chi connectivity index (χ2n) is 8.33. The molecule has 0 unspecified atom stereocenters. The third-order valence-electron chi connectivity index (χ3n) is 6.53. The lowest BCUT2D eigenvalue weighted by Gasteiger charge is -2.35. The van der Waals surface area contributed by atoms with E-state index in [1.54, 1.807) is 23.7 Å². The van der Waals surface area contributed by atoms with Crippen molar-refractivity contribution in [2.45, 2.75) is 57.2 Å². The number of thiazole rings is 1. The molecule has 1 saturated carbocycles. The number of hydrogen-bond donors (Lipinski definition) is 1. The molecule has 0 radical (unpaired) electrons. The smallest absolute Gasteiger partial charge is 0.229 e. The van der Waals surface area contributed by atoms with E-state index in [0.29, 0.717) is 13.0 Å². The van der Waals surface area contributed by atoms with Crippen LogP contribution >= 0.6 is 11.3 Å². The minimum atomic E-state index is -0.580. The lowest BCUT2D eigenvalue weighted by Crippen LogP contribution is -2.51. The van der Waals surface area contributed by atoms with Crippen LogP contribution in [0.3, 0.4) is 0 Å². The summed E-state index contributed by atoms with van der Waals surface area (Å²) in [5, 5.41) is 5.17. The number of fused-ring (bicyclic) bond motifs is 2. The second-order valence-corrected chi connectivity index (χ2v) is 9.05. The first-order chi connectivity index (χ1) is 13.7. The molecule has 3 fully saturated rings. The van der Waals surface area contributed by atoms with Gasteiger partial charge in [0.1, 0.15) is 0 Å². The maximum absolute atomic E-state index is 13.5. The van der Waals surface area contributed by atoms with Crippen molar-refractivity contribution in [2.24, 2.45) is 11.3 Å². The second kappa shape index (κ2) is 6.95. The van der Waals surface area contributed by atoms with E-state index >= 15 is 0 Å². The fourth-order valence-corrected chi connectivity index (χ4v) is 5.64. The molecule has 3 aliphatic rings. The lowest BCUT2D eigenvalue weighted by atomic mass is 9.70. The van der Waals surface area contributed by atoms with E-state index in [4.69, 9.17) is 0 Å². The van der Waals surface area contributed by atoms with E-state index in [-0.39, 0.29) is 29.8 Å². The summed E-state index contributed by atoms with van der Waals surface area (Å²) in [6, 6.07) is 4.02. The molecular formula is C21H24N4O2S. The minimum Gasteiger partial charge on any atom is -0.351 e. The number of rotatable bonds is 6. The molecule has 28 heavy (non-hydrogen) atoms. The molecule has 2 bridgehead atoms. The zero-order chi connectivity index (χ0) is 19.1. The maximum Gasteiger partial charge on any atom is 0.229 e. The van der Waals surface area contributed by atoms with Crippen LogP contribution in [0, 0.1) is 11.3 Å². The van der Waals surface area contributed by atoms with Gasteiger partial charge in [0.25, 0.3) is 0 Å². The molecule has 2 aromatic heterocycles. The number of nitrogens with one attached hydrogen (secondary N) is 1. The maximum atomic E-state index is 13.5. The zero-order valence-corrected chi connectivity index (χ0v) is 16.5. The number of hydrogen-bond acceptors (Lipinski definition) is 5. The number of carbonyl (C=O) groups is 2. The molecule has 2 aromatic rings. The van der Waals surface area contributed by atoms with Gasteiger partial charge in [-0.25, -0.2) is 4.98 Å². The van der Waals surface area contributed by atoms with Crippen LogP contribution in [0.25, 0.3) is 0 Å². The van der Waals surface area contributed by atoms with Crippen molar-refractivity contribution in [2.75, 3.05) is 0 Å². The molecule has 146 valence electrons. The summed E-state index contributed by atoms with van der Waals surface area (Å²) in [7, 11) is 0. The Kier molecular flexibility index (Phi) is 4.42. The first kappa shape index (κ1) is 17.8. The quantitative estimate of drug-likeness (QED) is 0.814. The molecule has 3 atom stereocenters. The Bertz CT molecular complexity index is 868. The van der Waals surface area contributed by atoms with Gasteiger partial charge in [0, 0.05) is 48.7 Å². The van der Waals surface area contributed by atoms with Crippen LogP contribution in [0.1, 0.15) is 43.4 Å². The Hall–Kier alpha value is -2.28. The molecule has 1 N–H and O–H groups in total. The van der Waals surface area contributed by atoms with Gasteiger partial charge in [-0.15, -0.1) is 11.3 Å². The minimum absolute atomic E-state index is 0.0128. The van der Waals surface area contributed by atoms with E-state index in [2.05, 4.69) is 20.2 Å². The highest BCUT2D eigenvalue weighted by Gasteiger charge is 2.62. The van der Waals surface area contributed by atoms with Gasteiger partial charge in [-0.3, -0.25) is 14.6 Å². The summed E-state index contributed by atoms with van der Waals surface area (Å²) in [5.41, 5.74) is 3.17. The normalized spacial score (nSPS) is 28.5. The fourth-order valence-electron chi connectivity index (χ4n) is 5.08. The van der Waals surface area contributed by atoms with Crippen molar-refractivity contribution in [3.05, 3.63) is 46.7 Å². The van der Waals surface area contributed by atoms with Crippen molar-refractivity contribution in [3.8, 4) is 0 Å². The highest BCUT2D eigenvalue weighted by atomic mass is 32.1. The van der Waals surface area contributed by atoms with Crippen LogP contribution in [-0.2, 0) is 22.6 Å². The molecule has 2 aliphatic heterocycles. The summed E-state index contributed by atoms with van der Waals surface area (Å²) in [6.45, 7) is 0.458. The Labute approximate surface area is 168 Å². The van der Waals surface area contributed by atoms with E-state index in [1.807, 2.05) is 23.0 Å². The SMILES string of the molecule is O=C(C1CC1)N1[C@@H]2CC[C@H]1[C@@](Cc1cscn1)(C(=O)NCc1cccnc1)C2. The molecule has 6 nitrogen and oxygen atoms in total. The van der Waals surface area contributed by atoms with Crippen LogP contribution in [0.2, 0.25) is 0 Å². The highest BCUT2D eigenvalue weighted by Crippen LogP contribution is 2.53. The van der Waals surface area contributed by atoms with Gasteiger partial charge in [0.2, 0.25) is 11.8 Å². The van der Waals surface area contributed by atoms with Crippen LogP contribution in [-0.4, -0.2) is 38.8 Å². The first-order valence-electron chi connectivity index (χ1n) is 10.0. The zero-order valence-electron chi connectivity index (χ0n) is 15.7. The molecule has 5 rings (SSSR count). The van der Waals surface area contributed by atoms with Crippen molar-refractivity contribution >= 4 is 23.2 Å². The van der Waals surface area contributed by atoms with Crippen LogP contribution in [0.5, 0.6) is 0 Å². The number of amides is 2. The van der Waals surface area contributed by atoms with Gasteiger partial charge in [-0.05, 0) is 43.7 Å². The Morgan fingerprint density at radius 2 is 2.18 bits per heavy atom. The first-order valence-corrected chi connectivity index (χ1v) is 11.0. The fraction of sp³-hybridized carbons (Fsp3) is 0.524. The largest absolute Gasteiger partial charge is 0.351 e. The Morgan fingerprint density at radius 1 is 1.29 bits per heavy atom. The summed E-state index contributed by atoms with van der Waals surface area (Å²) < 4.78 is 0. The molecule has 7 heteroatoms. The molecule has 4 heterocycles. The Morgan fingerprint density at radius 3 is 2.89 bits per heavy atom. The van der Waals surface area contributed by atoms with E-state index < -0.39 is 5.41 Å². The Balaban J connectivity index is 1.41. The van der Waals surface area contributed by atoms with Gasteiger partial charge in [-0.1, -0.05) is 6.07 Å². The van der Waals surface area contributed by atoms with Crippen molar-refractivity contribution < 1.29 is 9.59 Å². The van der Waals surface area contributed by atoms with Gasteiger partial charge in [0.05, 0.1) is 16.6 Å². The standard InChI is InChI=1S/C21H24N4O2S/c26-19(15-3-4-15)25-17-5-6-18(25)21(9-17,8-16-12-28-13-24-16)20(27)23-11-14-2-1-7-22-10-14/h1-2,7,10,12-13,15,17-18H,3-6,8-9,11H2,(H,23,27)/t17-,18+,21+/m1/s1. The average molecular weight is 397 g/mol. The third-order valence-corrected chi connectivity index (χ3v) is 7.16. The predicted octanol–water partition coefficient (Wildman–Crippen LogP) is 2.56. The van der Waals surface area contributed by atoms with Crippen molar-refractivity contribution in [3.63, 3.8) is 0 Å². The average Bonchev–Trinajstić information content (AvgIpc) is 3.17. The number of carbonyl (C=O) groups excluding carboxylic acids is 2. The molecular weight excluding hydrogens is 372 g/mol. The number of aromatic nitrogens is 2. The molecule has 2 saturated heterocycles. The molecule has 1 aliphatic carbocycles. The summed E-state index contributed by atoms with van der Waals surface area (Å²) in [4.78, 5) is 37.1. The van der Waals surface area contributed by atoms with Crippen molar-refractivity contribution in [1.82, 2.24) is 20.2 Å². The molecule has 0 aromatic carbocycles. The van der Waals surface area contributed by atoms with Gasteiger partial charge in [-0.2, -0.15) is 0 Å². The van der Waals surface area contributed by atoms with Crippen LogP contribution in [0.15, 0.2) is 35.4 Å². The number of nitrogens with zero attached hydrogens (tertiary/aromatic N) is 3.